The van der Waals surface area contributed by atoms with Crippen molar-refractivity contribution >= 4 is 23.3 Å². The molecule has 2 N–H and O–H groups in total. The van der Waals surface area contributed by atoms with Crippen molar-refractivity contribution in [1.82, 2.24) is 10.6 Å². The molecule has 1 aromatic heterocycles. The molecule has 5 nitrogen and oxygen atoms in total. The lowest BCUT2D eigenvalue weighted by molar-refractivity contribution is -0.139. The average molecular weight is 294 g/mol. The van der Waals surface area contributed by atoms with Crippen molar-refractivity contribution in [3.8, 4) is 0 Å². The van der Waals surface area contributed by atoms with Crippen molar-refractivity contribution in [2.75, 3.05) is 6.61 Å². The number of thiophene rings is 1. The zero-order valence-corrected chi connectivity index (χ0v) is 12.4. The van der Waals surface area contributed by atoms with E-state index in [4.69, 9.17) is 4.74 Å². The Bertz CT molecular complexity index is 523. The Morgan fingerprint density at radius 1 is 1.50 bits per heavy atom. The number of allylic oxidation sites excluding steroid dienone is 1. The highest BCUT2D eigenvalue weighted by atomic mass is 32.1. The van der Waals surface area contributed by atoms with Crippen molar-refractivity contribution in [1.29, 1.82) is 0 Å². The lowest BCUT2D eigenvalue weighted by Gasteiger charge is -2.27. The van der Waals surface area contributed by atoms with Crippen LogP contribution in [0.25, 0.3) is 0 Å². The summed E-state index contributed by atoms with van der Waals surface area (Å²) in [5, 5.41) is 9.23. The van der Waals surface area contributed by atoms with Crippen LogP contribution in [0.5, 0.6) is 0 Å². The van der Waals surface area contributed by atoms with Crippen molar-refractivity contribution in [2.24, 2.45) is 0 Å². The third-order valence-electron chi connectivity index (χ3n) is 3.10. The molecule has 1 aliphatic heterocycles. The van der Waals surface area contributed by atoms with Crippen LogP contribution >= 0.6 is 11.3 Å². The molecule has 0 aliphatic carbocycles. The molecule has 0 fully saturated rings. The Morgan fingerprint density at radius 2 is 2.30 bits per heavy atom. The van der Waals surface area contributed by atoms with E-state index in [-0.39, 0.29) is 12.0 Å². The van der Waals surface area contributed by atoms with Crippen molar-refractivity contribution in [3.63, 3.8) is 0 Å². The normalized spacial score (nSPS) is 18.5. The Morgan fingerprint density at radius 3 is 2.95 bits per heavy atom. The van der Waals surface area contributed by atoms with E-state index in [2.05, 4.69) is 10.6 Å². The summed E-state index contributed by atoms with van der Waals surface area (Å²) in [5.74, 6) is -0.375. The highest BCUT2D eigenvalue weighted by molar-refractivity contribution is 7.08. The van der Waals surface area contributed by atoms with Gasteiger partial charge in [-0.25, -0.2) is 9.59 Å². The van der Waals surface area contributed by atoms with Gasteiger partial charge in [-0.05, 0) is 35.7 Å². The Hall–Kier alpha value is -1.82. The molecule has 2 rings (SSSR count). The van der Waals surface area contributed by atoms with Crippen LogP contribution in [-0.2, 0) is 9.53 Å². The monoisotopic (exact) mass is 294 g/mol. The average Bonchev–Trinajstić information content (AvgIpc) is 2.91. The maximum absolute atomic E-state index is 12.2. The van der Waals surface area contributed by atoms with Gasteiger partial charge in [-0.3, -0.25) is 0 Å². The van der Waals surface area contributed by atoms with E-state index >= 15 is 0 Å². The molecular weight excluding hydrogens is 276 g/mol. The summed E-state index contributed by atoms with van der Waals surface area (Å²) in [6, 6.07) is 1.15. The number of ether oxygens (including phenoxy) is 1. The van der Waals surface area contributed by atoms with Gasteiger partial charge in [-0.2, -0.15) is 11.3 Å². The van der Waals surface area contributed by atoms with Crippen LogP contribution in [0.15, 0.2) is 28.1 Å². The number of amides is 2. The zero-order valence-electron chi connectivity index (χ0n) is 11.6. The number of nitrogens with one attached hydrogen (secondary N) is 2. The van der Waals surface area contributed by atoms with Crippen LogP contribution in [-0.4, -0.2) is 18.6 Å². The van der Waals surface area contributed by atoms with Crippen LogP contribution < -0.4 is 10.6 Å². The van der Waals surface area contributed by atoms with Crippen LogP contribution in [0.3, 0.4) is 0 Å². The summed E-state index contributed by atoms with van der Waals surface area (Å²) < 4.78 is 5.27. The van der Waals surface area contributed by atoms with Crippen LogP contribution in [0.1, 0.15) is 38.3 Å². The van der Waals surface area contributed by atoms with Gasteiger partial charge in [0, 0.05) is 5.70 Å². The van der Waals surface area contributed by atoms with E-state index in [9.17, 15) is 9.59 Å². The molecule has 0 bridgehead atoms. The van der Waals surface area contributed by atoms with Crippen LogP contribution in [0, 0.1) is 0 Å². The van der Waals surface area contributed by atoms with Gasteiger partial charge in [0.2, 0.25) is 0 Å². The number of hydrogen-bond donors (Lipinski definition) is 2. The van der Waals surface area contributed by atoms with Gasteiger partial charge in [0.05, 0.1) is 18.2 Å². The molecule has 108 valence electrons. The Balaban J connectivity index is 2.22. The second-order valence-electron chi connectivity index (χ2n) is 4.62. The van der Waals surface area contributed by atoms with Crippen molar-refractivity contribution < 1.29 is 14.3 Å². The molecule has 2 heterocycles. The van der Waals surface area contributed by atoms with Gasteiger partial charge in [-0.15, -0.1) is 0 Å². The second-order valence-corrected chi connectivity index (χ2v) is 5.40. The Kier molecular flexibility index (Phi) is 4.79. The molecule has 0 unspecified atom stereocenters. The van der Waals surface area contributed by atoms with E-state index < -0.39 is 6.04 Å². The standard InChI is InChI=1S/C14H18N2O3S/c1-3-4-6-19-13(17)11-9(2)15-14(18)16-12(11)10-5-7-20-8-10/h5,7-8,12H,3-4,6H2,1-2H3,(H2,15,16,18)/t12-/m0/s1. The highest BCUT2D eigenvalue weighted by Gasteiger charge is 2.32. The molecule has 0 saturated carbocycles. The van der Waals surface area contributed by atoms with E-state index in [1.54, 1.807) is 6.92 Å². The molecule has 1 atom stereocenters. The fraction of sp³-hybridized carbons (Fsp3) is 0.429. The summed E-state index contributed by atoms with van der Waals surface area (Å²) in [5.41, 5.74) is 1.91. The number of hydrogen-bond acceptors (Lipinski definition) is 4. The van der Waals surface area contributed by atoms with Gasteiger partial charge in [0.1, 0.15) is 0 Å². The highest BCUT2D eigenvalue weighted by Crippen LogP contribution is 2.28. The first-order valence-corrected chi connectivity index (χ1v) is 7.55. The molecule has 20 heavy (non-hydrogen) atoms. The molecule has 0 saturated heterocycles. The van der Waals surface area contributed by atoms with E-state index in [0.717, 1.165) is 18.4 Å². The predicted octanol–water partition coefficient (Wildman–Crippen LogP) is 2.72. The molecule has 0 radical (unpaired) electrons. The summed E-state index contributed by atoms with van der Waals surface area (Å²) in [6.45, 7) is 4.15. The minimum atomic E-state index is -0.441. The van der Waals surface area contributed by atoms with Gasteiger partial charge >= 0.3 is 12.0 Å². The van der Waals surface area contributed by atoms with Crippen molar-refractivity contribution in [2.45, 2.75) is 32.7 Å². The number of esters is 1. The number of unbranched alkanes of at least 4 members (excludes halogenated alkanes) is 1. The quantitative estimate of drug-likeness (QED) is 0.648. The van der Waals surface area contributed by atoms with Gasteiger partial charge < -0.3 is 15.4 Å². The summed E-state index contributed by atoms with van der Waals surface area (Å²) in [7, 11) is 0. The number of urea groups is 1. The first kappa shape index (κ1) is 14.6. The number of carbonyl (C=O) groups is 2. The van der Waals surface area contributed by atoms with Crippen molar-refractivity contribution in [3.05, 3.63) is 33.7 Å². The summed E-state index contributed by atoms with van der Waals surface area (Å²) in [4.78, 5) is 23.8. The number of carbonyl (C=O) groups excluding carboxylic acids is 2. The van der Waals surface area contributed by atoms with E-state index in [1.165, 1.54) is 11.3 Å². The third-order valence-corrected chi connectivity index (χ3v) is 3.80. The molecule has 6 heteroatoms. The largest absolute Gasteiger partial charge is 0.462 e. The second kappa shape index (κ2) is 6.56. The third kappa shape index (κ3) is 3.19. The van der Waals surface area contributed by atoms with Crippen LogP contribution in [0.2, 0.25) is 0 Å². The van der Waals surface area contributed by atoms with E-state index in [1.807, 2.05) is 23.8 Å². The van der Waals surface area contributed by atoms with E-state index in [0.29, 0.717) is 17.9 Å². The minimum absolute atomic E-state index is 0.302. The molecule has 0 spiro atoms. The topological polar surface area (TPSA) is 67.4 Å². The number of rotatable bonds is 5. The first-order valence-electron chi connectivity index (χ1n) is 6.61. The fourth-order valence-electron chi connectivity index (χ4n) is 2.04. The fourth-order valence-corrected chi connectivity index (χ4v) is 2.73. The van der Waals surface area contributed by atoms with Gasteiger partial charge in [0.25, 0.3) is 0 Å². The summed E-state index contributed by atoms with van der Waals surface area (Å²) >= 11 is 1.52. The predicted molar refractivity (Wildman–Crippen MR) is 77.3 cm³/mol. The molecule has 1 aromatic rings. The summed E-state index contributed by atoms with van der Waals surface area (Å²) in [6.07, 6.45) is 1.80. The lowest BCUT2D eigenvalue weighted by Crippen LogP contribution is -2.45. The molecule has 2 amide bonds. The van der Waals surface area contributed by atoms with Gasteiger partial charge in [0.15, 0.2) is 0 Å². The maximum atomic E-state index is 12.2. The SMILES string of the molecule is CCCCOC(=O)C1=C(C)NC(=O)N[C@H]1c1ccsc1. The first-order chi connectivity index (χ1) is 9.63. The van der Waals surface area contributed by atoms with Gasteiger partial charge in [-0.1, -0.05) is 13.3 Å². The lowest BCUT2D eigenvalue weighted by atomic mass is 9.98. The molecule has 1 aliphatic rings. The maximum Gasteiger partial charge on any atom is 0.338 e. The van der Waals surface area contributed by atoms with Crippen LogP contribution in [0.4, 0.5) is 4.79 Å². The Labute approximate surface area is 122 Å². The minimum Gasteiger partial charge on any atom is -0.462 e. The smallest absolute Gasteiger partial charge is 0.338 e. The zero-order chi connectivity index (χ0) is 14.5. The molecular formula is C14H18N2O3S. The molecule has 0 aromatic carbocycles.